The van der Waals surface area contributed by atoms with Crippen LogP contribution >= 0.6 is 11.3 Å². The van der Waals surface area contributed by atoms with Crippen LogP contribution in [0.4, 0.5) is 0 Å². The standard InChI is InChI=1S/C18H19NO6S2/c1-24-10-2-4-11(5-3-10)27(22,23)14-8-19-16-15(12-6-7-26-17(12)14)13(9-20)25-18(16)21/h2-7,13-16,19-20H,8-9H2,1H3. The summed E-state index contributed by atoms with van der Waals surface area (Å²) in [5, 5.41) is 13.7. The highest BCUT2D eigenvalue weighted by Crippen LogP contribution is 2.44. The Balaban J connectivity index is 1.77. The number of hydrogen-bond acceptors (Lipinski definition) is 8. The Bertz CT molecular complexity index is 952. The third-order valence-corrected chi connectivity index (χ3v) is 8.40. The normalized spacial score (nSPS) is 27.4. The molecule has 9 heteroatoms. The van der Waals surface area contributed by atoms with Crippen molar-refractivity contribution in [1.82, 2.24) is 5.32 Å². The van der Waals surface area contributed by atoms with E-state index in [1.165, 1.54) is 30.6 Å². The zero-order valence-electron chi connectivity index (χ0n) is 14.5. The van der Waals surface area contributed by atoms with Crippen LogP contribution < -0.4 is 10.1 Å². The lowest BCUT2D eigenvalue weighted by Gasteiger charge is -2.18. The summed E-state index contributed by atoms with van der Waals surface area (Å²) < 4.78 is 37.0. The number of methoxy groups -OCH3 is 1. The second-order valence-electron chi connectivity index (χ2n) is 6.52. The topological polar surface area (TPSA) is 102 Å². The first-order valence-corrected chi connectivity index (χ1v) is 10.9. The van der Waals surface area contributed by atoms with Crippen molar-refractivity contribution in [1.29, 1.82) is 0 Å². The van der Waals surface area contributed by atoms with E-state index in [1.807, 2.05) is 11.4 Å². The predicted octanol–water partition coefficient (Wildman–Crippen LogP) is 1.24. The van der Waals surface area contributed by atoms with Gasteiger partial charge < -0.3 is 19.9 Å². The van der Waals surface area contributed by atoms with E-state index in [2.05, 4.69) is 5.32 Å². The van der Waals surface area contributed by atoms with Crippen LogP contribution in [-0.2, 0) is 19.4 Å². The molecule has 0 aliphatic carbocycles. The van der Waals surface area contributed by atoms with Crippen molar-refractivity contribution in [2.24, 2.45) is 0 Å². The largest absolute Gasteiger partial charge is 0.497 e. The van der Waals surface area contributed by atoms with E-state index in [9.17, 15) is 18.3 Å². The van der Waals surface area contributed by atoms with E-state index in [0.29, 0.717) is 10.6 Å². The van der Waals surface area contributed by atoms with E-state index >= 15 is 0 Å². The van der Waals surface area contributed by atoms with Gasteiger partial charge in [0.25, 0.3) is 0 Å². The van der Waals surface area contributed by atoms with Crippen molar-refractivity contribution in [3.63, 3.8) is 0 Å². The lowest BCUT2D eigenvalue weighted by atomic mass is 9.90. The molecular weight excluding hydrogens is 390 g/mol. The lowest BCUT2D eigenvalue weighted by molar-refractivity contribution is -0.144. The van der Waals surface area contributed by atoms with Crippen LogP contribution in [0.2, 0.25) is 0 Å². The summed E-state index contributed by atoms with van der Waals surface area (Å²) in [4.78, 5) is 13.1. The maximum atomic E-state index is 13.3. The van der Waals surface area contributed by atoms with Gasteiger partial charge in [0.1, 0.15) is 23.1 Å². The van der Waals surface area contributed by atoms with E-state index < -0.39 is 39.1 Å². The first-order valence-electron chi connectivity index (χ1n) is 8.47. The van der Waals surface area contributed by atoms with Crippen LogP contribution in [-0.4, -0.2) is 51.9 Å². The number of aliphatic hydroxyl groups excluding tert-OH is 1. The van der Waals surface area contributed by atoms with Crippen LogP contribution in [0.5, 0.6) is 5.75 Å². The highest BCUT2D eigenvalue weighted by Gasteiger charge is 2.50. The molecule has 1 aromatic carbocycles. The average Bonchev–Trinajstić information content (AvgIpc) is 3.22. The zero-order valence-corrected chi connectivity index (χ0v) is 16.1. The molecule has 1 fully saturated rings. The summed E-state index contributed by atoms with van der Waals surface area (Å²) in [6.45, 7) is -0.212. The fraction of sp³-hybridized carbons (Fsp3) is 0.389. The van der Waals surface area contributed by atoms with Gasteiger partial charge in [-0.1, -0.05) is 0 Å². The Hall–Kier alpha value is -1.94. The second kappa shape index (κ2) is 6.90. The van der Waals surface area contributed by atoms with Gasteiger partial charge in [0.15, 0.2) is 9.84 Å². The van der Waals surface area contributed by atoms with Gasteiger partial charge in [-0.05, 0) is 41.3 Å². The number of hydrogen-bond donors (Lipinski definition) is 2. The number of cyclic esters (lactones) is 1. The van der Waals surface area contributed by atoms with Crippen molar-refractivity contribution in [2.75, 3.05) is 20.3 Å². The average molecular weight is 409 g/mol. The summed E-state index contributed by atoms with van der Waals surface area (Å²) in [6.07, 6.45) is -0.675. The van der Waals surface area contributed by atoms with E-state index in [0.717, 1.165) is 5.56 Å². The van der Waals surface area contributed by atoms with E-state index in [-0.39, 0.29) is 18.0 Å². The minimum Gasteiger partial charge on any atom is -0.497 e. The lowest BCUT2D eigenvalue weighted by Crippen LogP contribution is -2.39. The maximum absolute atomic E-state index is 13.3. The van der Waals surface area contributed by atoms with Crippen molar-refractivity contribution >= 4 is 27.1 Å². The Morgan fingerprint density at radius 3 is 2.70 bits per heavy atom. The third kappa shape index (κ3) is 2.94. The van der Waals surface area contributed by atoms with Crippen LogP contribution in [0.3, 0.4) is 0 Å². The molecule has 0 bridgehead atoms. The van der Waals surface area contributed by atoms with Crippen molar-refractivity contribution in [2.45, 2.75) is 28.2 Å². The highest BCUT2D eigenvalue weighted by atomic mass is 32.2. The smallest absolute Gasteiger partial charge is 0.324 e. The fourth-order valence-corrected chi connectivity index (χ4v) is 6.83. The number of fused-ring (bicyclic) bond motifs is 3. The van der Waals surface area contributed by atoms with Gasteiger partial charge in [-0.2, -0.15) is 0 Å². The summed E-state index contributed by atoms with van der Waals surface area (Å²) >= 11 is 1.35. The monoisotopic (exact) mass is 409 g/mol. The van der Waals surface area contributed by atoms with Gasteiger partial charge in [0.05, 0.1) is 24.5 Å². The third-order valence-electron chi connectivity index (χ3n) is 5.13. The van der Waals surface area contributed by atoms with Crippen molar-refractivity contribution in [3.8, 4) is 5.75 Å². The molecule has 2 N–H and O–H groups in total. The fourth-order valence-electron chi connectivity index (χ4n) is 3.77. The van der Waals surface area contributed by atoms with Crippen molar-refractivity contribution in [3.05, 3.63) is 46.2 Å². The van der Waals surface area contributed by atoms with Gasteiger partial charge in [-0.3, -0.25) is 4.79 Å². The van der Waals surface area contributed by atoms with Gasteiger partial charge in [0.2, 0.25) is 0 Å². The molecule has 3 heterocycles. The molecular formula is C18H19NO6S2. The van der Waals surface area contributed by atoms with Gasteiger partial charge in [0, 0.05) is 11.4 Å². The zero-order chi connectivity index (χ0) is 19.2. The second-order valence-corrected chi connectivity index (χ2v) is 9.60. The van der Waals surface area contributed by atoms with Crippen LogP contribution in [0.15, 0.2) is 40.6 Å². The Kier molecular flexibility index (Phi) is 4.71. The SMILES string of the molecule is COc1ccc(S(=O)(=O)C2CNC3C(=O)OC(CO)C3c3ccsc32)cc1. The predicted molar refractivity (Wildman–Crippen MR) is 98.7 cm³/mol. The van der Waals surface area contributed by atoms with E-state index in [1.54, 1.807) is 12.1 Å². The highest BCUT2D eigenvalue weighted by molar-refractivity contribution is 7.91. The van der Waals surface area contributed by atoms with Crippen LogP contribution in [0.1, 0.15) is 21.6 Å². The number of aliphatic hydroxyl groups is 1. The summed E-state index contributed by atoms with van der Waals surface area (Å²) in [5.41, 5.74) is 0.752. The number of carbonyl (C=O) groups is 1. The van der Waals surface area contributed by atoms with Crippen molar-refractivity contribution < 1.29 is 27.8 Å². The Labute approximate surface area is 160 Å². The van der Waals surface area contributed by atoms with Crippen LogP contribution in [0, 0.1) is 0 Å². The molecule has 2 aromatic rings. The number of nitrogens with one attached hydrogen (secondary N) is 1. The molecule has 4 atom stereocenters. The summed E-state index contributed by atoms with van der Waals surface area (Å²) in [6, 6.07) is 7.44. The minimum absolute atomic E-state index is 0.0935. The van der Waals surface area contributed by atoms with E-state index in [4.69, 9.17) is 9.47 Å². The number of rotatable bonds is 4. The number of ether oxygens (including phenoxy) is 2. The Morgan fingerprint density at radius 2 is 2.04 bits per heavy atom. The molecule has 1 saturated heterocycles. The summed E-state index contributed by atoms with van der Waals surface area (Å²) in [7, 11) is -2.17. The molecule has 0 amide bonds. The number of carbonyl (C=O) groups excluding carboxylic acids is 1. The number of sulfone groups is 1. The minimum atomic E-state index is -3.69. The molecule has 144 valence electrons. The molecule has 0 radical (unpaired) electrons. The molecule has 1 aromatic heterocycles. The Morgan fingerprint density at radius 1 is 1.30 bits per heavy atom. The quantitative estimate of drug-likeness (QED) is 0.733. The molecule has 27 heavy (non-hydrogen) atoms. The number of esters is 1. The first kappa shape index (κ1) is 18.4. The summed E-state index contributed by atoms with van der Waals surface area (Å²) in [5.74, 6) is -0.286. The maximum Gasteiger partial charge on any atom is 0.324 e. The number of thiophene rings is 1. The molecule has 4 unspecified atom stereocenters. The first-order chi connectivity index (χ1) is 13.0. The molecule has 2 aliphatic heterocycles. The molecule has 4 rings (SSSR count). The van der Waals surface area contributed by atoms with Gasteiger partial charge in [-0.15, -0.1) is 11.3 Å². The molecule has 7 nitrogen and oxygen atoms in total. The number of benzene rings is 1. The molecule has 2 aliphatic rings. The van der Waals surface area contributed by atoms with Crippen LogP contribution in [0.25, 0.3) is 0 Å². The van der Waals surface area contributed by atoms with Gasteiger partial charge >= 0.3 is 5.97 Å². The van der Waals surface area contributed by atoms with Gasteiger partial charge in [-0.25, -0.2) is 8.42 Å². The molecule has 0 spiro atoms. The molecule has 0 saturated carbocycles.